The van der Waals surface area contributed by atoms with Crippen LogP contribution in [0, 0.1) is 0 Å². The summed E-state index contributed by atoms with van der Waals surface area (Å²) in [5, 5.41) is 3.56. The first-order valence-corrected chi connectivity index (χ1v) is 7.98. The van der Waals surface area contributed by atoms with Crippen molar-refractivity contribution in [2.75, 3.05) is 19.0 Å². The fourth-order valence-corrected chi connectivity index (χ4v) is 2.44. The van der Waals surface area contributed by atoms with E-state index in [1.165, 1.54) is 11.1 Å². The van der Waals surface area contributed by atoms with E-state index >= 15 is 0 Å². The molecule has 0 spiro atoms. The number of aryl methyl sites for hydroxylation is 1. The van der Waals surface area contributed by atoms with E-state index < -0.39 is 0 Å². The summed E-state index contributed by atoms with van der Waals surface area (Å²) < 4.78 is 5.11. The van der Waals surface area contributed by atoms with Crippen molar-refractivity contribution in [3.8, 4) is 5.75 Å². The van der Waals surface area contributed by atoms with Crippen molar-refractivity contribution in [3.05, 3.63) is 58.6 Å². The van der Waals surface area contributed by atoms with E-state index in [4.69, 9.17) is 22.1 Å². The van der Waals surface area contributed by atoms with Crippen LogP contribution in [0.2, 0.25) is 5.02 Å². The predicted octanol–water partition coefficient (Wildman–Crippen LogP) is 4.50. The largest absolute Gasteiger partial charge is 0.495 e. The molecule has 0 fully saturated rings. The van der Waals surface area contributed by atoms with Gasteiger partial charge in [-0.2, -0.15) is 0 Å². The number of hydrogen-bond acceptors (Lipinski definition) is 2. The molecule has 0 atom stereocenters. The lowest BCUT2D eigenvalue weighted by molar-refractivity contribution is 0.415. The molecule has 2 aromatic carbocycles. The summed E-state index contributed by atoms with van der Waals surface area (Å²) in [7, 11) is 1.58. The van der Waals surface area contributed by atoms with Gasteiger partial charge in [-0.05, 0) is 42.2 Å². The zero-order chi connectivity index (χ0) is 16.7. The Kier molecular flexibility index (Phi) is 8.92. The van der Waals surface area contributed by atoms with E-state index in [-0.39, 0.29) is 24.0 Å². The molecule has 4 nitrogen and oxygen atoms in total. The van der Waals surface area contributed by atoms with Crippen LogP contribution >= 0.6 is 35.6 Å². The molecule has 24 heavy (non-hydrogen) atoms. The number of methoxy groups -OCH3 is 1. The molecule has 0 saturated carbocycles. The molecule has 0 amide bonds. The Morgan fingerprint density at radius 2 is 1.83 bits per heavy atom. The van der Waals surface area contributed by atoms with Gasteiger partial charge in [-0.25, -0.2) is 0 Å². The van der Waals surface area contributed by atoms with E-state index in [0.29, 0.717) is 23.3 Å². The molecule has 0 heterocycles. The van der Waals surface area contributed by atoms with Crippen molar-refractivity contribution < 1.29 is 4.74 Å². The van der Waals surface area contributed by atoms with E-state index in [2.05, 4.69) is 41.5 Å². The number of halogens is 2. The molecule has 2 rings (SSSR count). The number of ether oxygens (including phenoxy) is 1. The molecule has 3 N–H and O–H groups in total. The number of anilines is 1. The number of nitrogens with one attached hydrogen (secondary N) is 1. The summed E-state index contributed by atoms with van der Waals surface area (Å²) in [4.78, 5) is 4.34. The maximum absolute atomic E-state index is 6.08. The Hall–Kier alpha value is -1.47. The number of nitrogens with two attached hydrogens (primary N) is 1. The van der Waals surface area contributed by atoms with Crippen LogP contribution in [0.3, 0.4) is 0 Å². The van der Waals surface area contributed by atoms with Crippen molar-refractivity contribution >= 4 is 47.2 Å². The maximum Gasteiger partial charge on any atom is 0.193 e. The average molecular weight is 460 g/mol. The normalized spacial score (nSPS) is 10.9. The van der Waals surface area contributed by atoms with Crippen LogP contribution < -0.4 is 15.8 Å². The molecular weight excluding hydrogens is 437 g/mol. The molecule has 0 aromatic heterocycles. The zero-order valence-corrected chi connectivity index (χ0v) is 17.0. The number of benzene rings is 2. The smallest absolute Gasteiger partial charge is 0.193 e. The first kappa shape index (κ1) is 20.6. The van der Waals surface area contributed by atoms with Crippen LogP contribution in [-0.4, -0.2) is 19.6 Å². The molecule has 130 valence electrons. The monoisotopic (exact) mass is 459 g/mol. The molecule has 0 aliphatic heterocycles. The van der Waals surface area contributed by atoms with Gasteiger partial charge >= 0.3 is 0 Å². The number of rotatable bonds is 6. The molecule has 0 unspecified atom stereocenters. The number of hydrogen-bond donors (Lipinski definition) is 2. The summed E-state index contributed by atoms with van der Waals surface area (Å²) in [6, 6.07) is 14.0. The van der Waals surface area contributed by atoms with Gasteiger partial charge in [0.2, 0.25) is 0 Å². The topological polar surface area (TPSA) is 59.6 Å². The lowest BCUT2D eigenvalue weighted by Gasteiger charge is -2.08. The molecule has 0 saturated heterocycles. The Balaban J connectivity index is 0.00000288. The molecule has 6 heteroatoms. The number of guanidine groups is 1. The Labute approximate surface area is 165 Å². The van der Waals surface area contributed by atoms with Gasteiger partial charge in [0.25, 0.3) is 0 Å². The minimum atomic E-state index is 0. The highest BCUT2D eigenvalue weighted by molar-refractivity contribution is 14.0. The lowest BCUT2D eigenvalue weighted by Crippen LogP contribution is -2.23. The Morgan fingerprint density at radius 3 is 2.42 bits per heavy atom. The molecule has 0 bridgehead atoms. The molecular formula is C18H23ClIN3O. The van der Waals surface area contributed by atoms with Crippen LogP contribution in [0.15, 0.2) is 47.5 Å². The second kappa shape index (κ2) is 10.4. The number of nitrogens with zero attached hydrogens (tertiary/aromatic N) is 1. The van der Waals surface area contributed by atoms with Crippen molar-refractivity contribution in [3.63, 3.8) is 0 Å². The van der Waals surface area contributed by atoms with Gasteiger partial charge in [0.15, 0.2) is 5.96 Å². The Bertz CT molecular complexity index is 674. The average Bonchev–Trinajstić information content (AvgIpc) is 2.55. The van der Waals surface area contributed by atoms with E-state index in [9.17, 15) is 0 Å². The van der Waals surface area contributed by atoms with Gasteiger partial charge in [-0.15, -0.1) is 24.0 Å². The maximum atomic E-state index is 6.08. The summed E-state index contributed by atoms with van der Waals surface area (Å²) in [6.07, 6.45) is 1.91. The van der Waals surface area contributed by atoms with Crippen LogP contribution in [0.4, 0.5) is 5.69 Å². The SMILES string of the molecule is CCc1ccc(CCN=C(N)Nc2ccc(OC)c(Cl)c2)cc1.I. The van der Waals surface area contributed by atoms with Gasteiger partial charge in [0.1, 0.15) is 5.75 Å². The fourth-order valence-electron chi connectivity index (χ4n) is 2.18. The molecule has 0 aliphatic rings. The summed E-state index contributed by atoms with van der Waals surface area (Å²) in [6.45, 7) is 2.78. The standard InChI is InChI=1S/C18H22ClN3O.HI/c1-3-13-4-6-14(7-5-13)10-11-21-18(20)22-15-8-9-17(23-2)16(19)12-15;/h4-9,12H,3,10-11H2,1-2H3,(H3,20,21,22);1H. The van der Waals surface area contributed by atoms with Gasteiger partial charge in [0.05, 0.1) is 12.1 Å². The third-order valence-corrected chi connectivity index (χ3v) is 3.83. The summed E-state index contributed by atoms with van der Waals surface area (Å²) >= 11 is 6.08. The van der Waals surface area contributed by atoms with E-state index in [1.807, 2.05) is 6.07 Å². The molecule has 2 aromatic rings. The third kappa shape index (κ3) is 6.20. The van der Waals surface area contributed by atoms with Crippen molar-refractivity contribution in [1.29, 1.82) is 0 Å². The van der Waals surface area contributed by atoms with Gasteiger partial charge in [-0.1, -0.05) is 42.8 Å². The van der Waals surface area contributed by atoms with Crippen molar-refractivity contribution in [2.45, 2.75) is 19.8 Å². The first-order chi connectivity index (χ1) is 11.1. The summed E-state index contributed by atoms with van der Waals surface area (Å²) in [5.41, 5.74) is 9.28. The fraction of sp³-hybridized carbons (Fsp3) is 0.278. The zero-order valence-electron chi connectivity index (χ0n) is 13.9. The first-order valence-electron chi connectivity index (χ1n) is 7.60. The predicted molar refractivity (Wildman–Crippen MR) is 113 cm³/mol. The highest BCUT2D eigenvalue weighted by Crippen LogP contribution is 2.26. The third-order valence-electron chi connectivity index (χ3n) is 3.54. The second-order valence-corrected chi connectivity index (χ2v) is 5.57. The van der Waals surface area contributed by atoms with E-state index in [1.54, 1.807) is 19.2 Å². The molecule has 0 radical (unpaired) electrons. The quantitative estimate of drug-likeness (QED) is 0.380. The van der Waals surface area contributed by atoms with Gasteiger partial charge < -0.3 is 15.8 Å². The second-order valence-electron chi connectivity index (χ2n) is 5.16. The minimum Gasteiger partial charge on any atom is -0.495 e. The van der Waals surface area contributed by atoms with Crippen LogP contribution in [0.25, 0.3) is 0 Å². The lowest BCUT2D eigenvalue weighted by atomic mass is 10.1. The minimum absolute atomic E-state index is 0. The summed E-state index contributed by atoms with van der Waals surface area (Å²) in [5.74, 6) is 1.000. The van der Waals surface area contributed by atoms with Crippen molar-refractivity contribution in [1.82, 2.24) is 0 Å². The van der Waals surface area contributed by atoms with Crippen LogP contribution in [0.1, 0.15) is 18.1 Å². The van der Waals surface area contributed by atoms with Gasteiger partial charge in [0, 0.05) is 12.2 Å². The van der Waals surface area contributed by atoms with Crippen LogP contribution in [-0.2, 0) is 12.8 Å². The number of aliphatic imine (C=N–C) groups is 1. The molecule has 0 aliphatic carbocycles. The Morgan fingerprint density at radius 1 is 1.17 bits per heavy atom. The van der Waals surface area contributed by atoms with E-state index in [0.717, 1.165) is 18.5 Å². The van der Waals surface area contributed by atoms with Crippen molar-refractivity contribution in [2.24, 2.45) is 10.7 Å². The highest BCUT2D eigenvalue weighted by atomic mass is 127. The van der Waals surface area contributed by atoms with Crippen LogP contribution in [0.5, 0.6) is 5.75 Å². The van der Waals surface area contributed by atoms with Gasteiger partial charge in [-0.3, -0.25) is 4.99 Å². The highest BCUT2D eigenvalue weighted by Gasteiger charge is 2.02.